The smallest absolute Gasteiger partial charge is 0.230 e. The Morgan fingerprint density at radius 1 is 1.06 bits per heavy atom. The van der Waals surface area contributed by atoms with E-state index in [9.17, 15) is 4.79 Å². The van der Waals surface area contributed by atoms with Crippen molar-refractivity contribution in [1.29, 1.82) is 0 Å². The molecule has 1 saturated carbocycles. The number of aromatic nitrogens is 3. The molecule has 0 radical (unpaired) electrons. The van der Waals surface area contributed by atoms with Crippen LogP contribution in [-0.4, -0.2) is 32.5 Å². The quantitative estimate of drug-likeness (QED) is 0.366. The average molecular weight is 511 g/mol. The lowest BCUT2D eigenvalue weighted by Gasteiger charge is -2.34. The lowest BCUT2D eigenvalue weighted by atomic mass is 9.78. The summed E-state index contributed by atoms with van der Waals surface area (Å²) >= 11 is 7.56. The first-order valence-corrected chi connectivity index (χ1v) is 13.7. The summed E-state index contributed by atoms with van der Waals surface area (Å²) in [6, 6.07) is 16.3. The Bertz CT molecular complexity index is 1150. The molecular formula is C28H35ClN4OS. The standard InChI is InChI=1S/C28H35ClN4OS/c1-18-7-6-8-24(19(18)2)30-25(34)17-35-27-32-31-26(33(27)23-15-13-22(29)14-16-23)20-9-11-21(12-10-20)28(3,4)5/h9-16,18-19,24H,6-8,17H2,1-5H3,(H,30,34)/t18-,19+,24-/m0/s1. The Hall–Kier alpha value is -2.31. The van der Waals surface area contributed by atoms with Gasteiger partial charge in [-0.15, -0.1) is 10.2 Å². The third kappa shape index (κ3) is 6.10. The molecule has 3 atom stereocenters. The number of nitrogens with zero attached hydrogens (tertiary/aromatic N) is 3. The van der Waals surface area contributed by atoms with Gasteiger partial charge >= 0.3 is 0 Å². The molecule has 1 aromatic heterocycles. The minimum atomic E-state index is 0.0442. The van der Waals surface area contributed by atoms with Crippen LogP contribution < -0.4 is 5.32 Å². The number of halogens is 1. The van der Waals surface area contributed by atoms with Crippen LogP contribution in [0.1, 0.15) is 59.4 Å². The SMILES string of the molecule is C[C@H]1[C@@H](NC(=O)CSc2nnc(-c3ccc(C(C)(C)C)cc3)n2-c2ccc(Cl)cc2)CCC[C@@H]1C. The van der Waals surface area contributed by atoms with E-state index in [-0.39, 0.29) is 17.4 Å². The second kappa shape index (κ2) is 10.8. The first-order valence-electron chi connectivity index (χ1n) is 12.4. The van der Waals surface area contributed by atoms with Crippen LogP contribution in [0.25, 0.3) is 17.1 Å². The van der Waals surface area contributed by atoms with Crippen molar-refractivity contribution < 1.29 is 4.79 Å². The predicted octanol–water partition coefficient (Wildman–Crippen LogP) is 6.92. The number of amides is 1. The van der Waals surface area contributed by atoms with Crippen molar-refractivity contribution in [1.82, 2.24) is 20.1 Å². The van der Waals surface area contributed by atoms with Gasteiger partial charge in [-0.05, 0) is 53.5 Å². The lowest BCUT2D eigenvalue weighted by molar-refractivity contribution is -0.120. The Kier molecular flexibility index (Phi) is 7.92. The molecular weight excluding hydrogens is 476 g/mol. The molecule has 186 valence electrons. The molecule has 7 heteroatoms. The van der Waals surface area contributed by atoms with Gasteiger partial charge in [0.2, 0.25) is 5.91 Å². The van der Waals surface area contributed by atoms with Crippen LogP contribution in [-0.2, 0) is 10.2 Å². The van der Waals surface area contributed by atoms with E-state index in [4.69, 9.17) is 11.6 Å². The number of thioether (sulfide) groups is 1. The lowest BCUT2D eigenvalue weighted by Crippen LogP contribution is -2.44. The fourth-order valence-electron chi connectivity index (χ4n) is 4.66. The molecule has 4 rings (SSSR count). The second-order valence-corrected chi connectivity index (χ2v) is 12.1. The predicted molar refractivity (Wildman–Crippen MR) is 145 cm³/mol. The van der Waals surface area contributed by atoms with Gasteiger partial charge in [0.25, 0.3) is 0 Å². The molecule has 1 fully saturated rings. The summed E-state index contributed by atoms with van der Waals surface area (Å²) in [5.74, 6) is 2.22. The summed E-state index contributed by atoms with van der Waals surface area (Å²) in [6.45, 7) is 11.1. The molecule has 5 nitrogen and oxygen atoms in total. The number of carbonyl (C=O) groups excluding carboxylic acids is 1. The van der Waals surface area contributed by atoms with Crippen molar-refractivity contribution in [2.45, 2.75) is 70.5 Å². The molecule has 1 heterocycles. The summed E-state index contributed by atoms with van der Waals surface area (Å²) in [5.41, 5.74) is 3.22. The molecule has 0 saturated heterocycles. The number of hydrogen-bond donors (Lipinski definition) is 1. The molecule has 35 heavy (non-hydrogen) atoms. The molecule has 0 aliphatic heterocycles. The molecule has 0 bridgehead atoms. The highest BCUT2D eigenvalue weighted by Crippen LogP contribution is 2.32. The highest BCUT2D eigenvalue weighted by molar-refractivity contribution is 7.99. The minimum absolute atomic E-state index is 0.0442. The molecule has 1 aliphatic carbocycles. The zero-order chi connectivity index (χ0) is 25.2. The van der Waals surface area contributed by atoms with Gasteiger partial charge in [-0.25, -0.2) is 0 Å². The maximum absolute atomic E-state index is 12.8. The third-order valence-electron chi connectivity index (χ3n) is 7.11. The van der Waals surface area contributed by atoms with Crippen LogP contribution in [0.15, 0.2) is 53.7 Å². The maximum atomic E-state index is 12.8. The second-order valence-electron chi connectivity index (χ2n) is 10.7. The van der Waals surface area contributed by atoms with Crippen LogP contribution in [0, 0.1) is 11.8 Å². The first kappa shape index (κ1) is 25.8. The number of nitrogens with one attached hydrogen (secondary N) is 1. The summed E-state index contributed by atoms with van der Waals surface area (Å²) in [7, 11) is 0. The maximum Gasteiger partial charge on any atom is 0.230 e. The van der Waals surface area contributed by atoms with Gasteiger partial charge < -0.3 is 5.32 Å². The Morgan fingerprint density at radius 2 is 1.74 bits per heavy atom. The zero-order valence-corrected chi connectivity index (χ0v) is 22.8. The number of carbonyl (C=O) groups is 1. The number of rotatable bonds is 6. The molecule has 3 aromatic rings. The van der Waals surface area contributed by atoms with Crippen LogP contribution in [0.5, 0.6) is 0 Å². The van der Waals surface area contributed by atoms with E-state index < -0.39 is 0 Å². The van der Waals surface area contributed by atoms with Gasteiger partial charge in [-0.1, -0.05) is 95.1 Å². The van der Waals surface area contributed by atoms with E-state index in [2.05, 4.69) is 74.4 Å². The zero-order valence-electron chi connectivity index (χ0n) is 21.2. The van der Waals surface area contributed by atoms with Crippen molar-refractivity contribution in [3.63, 3.8) is 0 Å². The Labute approximate surface area is 218 Å². The summed E-state index contributed by atoms with van der Waals surface area (Å²) < 4.78 is 2.01. The van der Waals surface area contributed by atoms with Crippen molar-refractivity contribution in [3.8, 4) is 17.1 Å². The fourth-order valence-corrected chi connectivity index (χ4v) is 5.55. The minimum Gasteiger partial charge on any atom is -0.352 e. The first-order chi connectivity index (χ1) is 16.6. The summed E-state index contributed by atoms with van der Waals surface area (Å²) in [5, 5.41) is 13.6. The average Bonchev–Trinajstić information content (AvgIpc) is 3.25. The highest BCUT2D eigenvalue weighted by Gasteiger charge is 2.28. The van der Waals surface area contributed by atoms with Gasteiger partial charge in [0.15, 0.2) is 11.0 Å². The Morgan fingerprint density at radius 3 is 2.40 bits per heavy atom. The van der Waals surface area contributed by atoms with Crippen molar-refractivity contribution in [2.75, 3.05) is 5.75 Å². The van der Waals surface area contributed by atoms with Crippen LogP contribution in [0.2, 0.25) is 5.02 Å². The Balaban J connectivity index is 1.57. The molecule has 1 aliphatic rings. The topological polar surface area (TPSA) is 59.8 Å². The normalized spacial score (nSPS) is 20.6. The van der Waals surface area contributed by atoms with Gasteiger partial charge in [-0.2, -0.15) is 0 Å². The van der Waals surface area contributed by atoms with E-state index in [0.717, 1.165) is 23.5 Å². The molecule has 0 unspecified atom stereocenters. The van der Waals surface area contributed by atoms with E-state index >= 15 is 0 Å². The number of benzene rings is 2. The van der Waals surface area contributed by atoms with Gasteiger partial charge in [0, 0.05) is 22.3 Å². The molecule has 1 N–H and O–H groups in total. The van der Waals surface area contributed by atoms with E-state index in [1.54, 1.807) is 0 Å². The van der Waals surface area contributed by atoms with Gasteiger partial charge in [0.05, 0.1) is 5.75 Å². The van der Waals surface area contributed by atoms with Crippen molar-refractivity contribution in [3.05, 3.63) is 59.1 Å². The largest absolute Gasteiger partial charge is 0.352 e. The molecule has 0 spiro atoms. The highest BCUT2D eigenvalue weighted by atomic mass is 35.5. The van der Waals surface area contributed by atoms with Crippen LogP contribution in [0.3, 0.4) is 0 Å². The third-order valence-corrected chi connectivity index (χ3v) is 8.29. The molecule has 1 amide bonds. The summed E-state index contributed by atoms with van der Waals surface area (Å²) in [4.78, 5) is 12.8. The van der Waals surface area contributed by atoms with E-state index in [1.807, 2.05) is 28.8 Å². The van der Waals surface area contributed by atoms with Crippen molar-refractivity contribution >= 4 is 29.3 Å². The van der Waals surface area contributed by atoms with E-state index in [1.165, 1.54) is 30.2 Å². The number of hydrogen-bond acceptors (Lipinski definition) is 4. The van der Waals surface area contributed by atoms with Gasteiger partial charge in [-0.3, -0.25) is 9.36 Å². The van der Waals surface area contributed by atoms with Crippen LogP contribution >= 0.6 is 23.4 Å². The van der Waals surface area contributed by atoms with E-state index in [0.29, 0.717) is 27.8 Å². The fraction of sp³-hybridized carbons (Fsp3) is 0.464. The van der Waals surface area contributed by atoms with Gasteiger partial charge in [0.1, 0.15) is 0 Å². The van der Waals surface area contributed by atoms with Crippen molar-refractivity contribution in [2.24, 2.45) is 11.8 Å². The van der Waals surface area contributed by atoms with Crippen LogP contribution in [0.4, 0.5) is 0 Å². The summed E-state index contributed by atoms with van der Waals surface area (Å²) in [6.07, 6.45) is 3.47. The monoisotopic (exact) mass is 510 g/mol. The molecule has 2 aromatic carbocycles.